The molecule has 1 aromatic rings. The number of halogens is 2. The first-order chi connectivity index (χ1) is 12.2. The van der Waals surface area contributed by atoms with Crippen molar-refractivity contribution in [1.82, 2.24) is 10.2 Å². The molecule has 1 aliphatic carbocycles. The predicted octanol–water partition coefficient (Wildman–Crippen LogP) is 3.55. The zero-order valence-corrected chi connectivity index (χ0v) is 17.8. The summed E-state index contributed by atoms with van der Waals surface area (Å²) in [5, 5.41) is 3.44. The van der Waals surface area contributed by atoms with Gasteiger partial charge in [0, 0.05) is 37.1 Å². The molecule has 4 rings (SSSR count). The Hall–Kier alpha value is -0.890. The van der Waals surface area contributed by atoms with Gasteiger partial charge in [0.05, 0.1) is 13.2 Å². The van der Waals surface area contributed by atoms with E-state index < -0.39 is 0 Å². The highest BCUT2D eigenvalue weighted by molar-refractivity contribution is 14.0. The second kappa shape index (κ2) is 8.00. The monoisotopic (exact) mass is 473 g/mol. The van der Waals surface area contributed by atoms with Gasteiger partial charge in [-0.1, -0.05) is 18.2 Å². The summed E-state index contributed by atoms with van der Waals surface area (Å²) in [5.41, 5.74) is 1.05. The average molecular weight is 473 g/mol. The van der Waals surface area contributed by atoms with E-state index in [0.717, 1.165) is 63.6 Å². The predicted molar refractivity (Wildman–Crippen MR) is 113 cm³/mol. The lowest BCUT2D eigenvalue weighted by atomic mass is 9.87. The topological polar surface area (TPSA) is 36.9 Å². The van der Waals surface area contributed by atoms with Gasteiger partial charge in [-0.25, -0.2) is 4.39 Å². The first-order valence-electron chi connectivity index (χ1n) is 9.53. The van der Waals surface area contributed by atoms with Gasteiger partial charge in [0.2, 0.25) is 0 Å². The smallest absolute Gasteiger partial charge is 0.193 e. The second-order valence-corrected chi connectivity index (χ2v) is 7.90. The highest BCUT2D eigenvalue weighted by Gasteiger charge is 2.46. The standard InChI is InChI=1S/C20H28FN3O.HI/c1-2-22-18(24-11-9-19(14-24)10-12-25-15-19)23-13-20(7-8-20)16-5-3-4-6-17(16)21;/h3-6H,2,7-15H2,1H3,(H,22,23);1H. The van der Waals surface area contributed by atoms with Gasteiger partial charge in [-0.05, 0) is 44.2 Å². The van der Waals surface area contributed by atoms with E-state index in [9.17, 15) is 4.39 Å². The molecule has 2 heterocycles. The third-order valence-electron chi connectivity index (χ3n) is 6.09. The maximum absolute atomic E-state index is 14.2. The first-order valence-corrected chi connectivity index (χ1v) is 9.53. The summed E-state index contributed by atoms with van der Waals surface area (Å²) in [6.07, 6.45) is 4.38. The Labute approximate surface area is 172 Å². The summed E-state index contributed by atoms with van der Waals surface area (Å²) < 4.78 is 19.8. The average Bonchev–Trinajstić information content (AvgIpc) is 3.08. The lowest BCUT2D eigenvalue weighted by molar-refractivity contribution is 0.156. The van der Waals surface area contributed by atoms with Gasteiger partial charge in [0.15, 0.2) is 5.96 Å². The molecule has 2 saturated heterocycles. The molecule has 1 unspecified atom stereocenters. The number of benzene rings is 1. The van der Waals surface area contributed by atoms with Crippen molar-refractivity contribution in [2.75, 3.05) is 39.4 Å². The van der Waals surface area contributed by atoms with E-state index in [1.165, 1.54) is 6.42 Å². The number of nitrogens with zero attached hydrogens (tertiary/aromatic N) is 2. The molecule has 4 nitrogen and oxygen atoms in total. The fraction of sp³-hybridized carbons (Fsp3) is 0.650. The zero-order chi connectivity index (χ0) is 17.3. The van der Waals surface area contributed by atoms with Crippen molar-refractivity contribution in [2.24, 2.45) is 10.4 Å². The van der Waals surface area contributed by atoms with Crippen LogP contribution in [0.5, 0.6) is 0 Å². The first kappa shape index (κ1) is 19.9. The molecular formula is C20H29FIN3O. The minimum atomic E-state index is -0.0973. The largest absolute Gasteiger partial charge is 0.381 e. The van der Waals surface area contributed by atoms with Gasteiger partial charge in [-0.3, -0.25) is 4.99 Å². The Morgan fingerprint density at radius 2 is 2.08 bits per heavy atom. The van der Waals surface area contributed by atoms with Crippen molar-refractivity contribution in [3.63, 3.8) is 0 Å². The molecule has 0 amide bonds. The number of likely N-dealkylation sites (tertiary alicyclic amines) is 1. The molecule has 26 heavy (non-hydrogen) atoms. The number of rotatable bonds is 4. The van der Waals surface area contributed by atoms with Crippen LogP contribution in [0.15, 0.2) is 29.3 Å². The van der Waals surface area contributed by atoms with Crippen molar-refractivity contribution in [2.45, 2.75) is 38.0 Å². The molecule has 3 fully saturated rings. The maximum atomic E-state index is 14.2. The van der Waals surface area contributed by atoms with Crippen LogP contribution in [0, 0.1) is 11.2 Å². The van der Waals surface area contributed by atoms with Crippen LogP contribution >= 0.6 is 24.0 Å². The van der Waals surface area contributed by atoms with Crippen LogP contribution in [0.1, 0.15) is 38.2 Å². The summed E-state index contributed by atoms with van der Waals surface area (Å²) in [4.78, 5) is 7.30. The summed E-state index contributed by atoms with van der Waals surface area (Å²) in [6, 6.07) is 7.17. The summed E-state index contributed by atoms with van der Waals surface area (Å²) in [6.45, 7) is 7.43. The van der Waals surface area contributed by atoms with Crippen LogP contribution in [0.2, 0.25) is 0 Å². The Morgan fingerprint density at radius 1 is 1.27 bits per heavy atom. The van der Waals surface area contributed by atoms with Crippen LogP contribution in [-0.2, 0) is 10.2 Å². The van der Waals surface area contributed by atoms with Crippen molar-refractivity contribution in [1.29, 1.82) is 0 Å². The fourth-order valence-corrected chi connectivity index (χ4v) is 4.29. The van der Waals surface area contributed by atoms with E-state index >= 15 is 0 Å². The molecule has 0 aromatic heterocycles. The van der Waals surface area contributed by atoms with Crippen LogP contribution in [0.3, 0.4) is 0 Å². The third kappa shape index (κ3) is 3.86. The molecule has 0 radical (unpaired) electrons. The number of nitrogens with one attached hydrogen (secondary N) is 1. The third-order valence-corrected chi connectivity index (χ3v) is 6.09. The number of aliphatic imine (C=N–C) groups is 1. The molecule has 1 N–H and O–H groups in total. The Kier molecular flexibility index (Phi) is 6.11. The van der Waals surface area contributed by atoms with Crippen molar-refractivity contribution < 1.29 is 9.13 Å². The summed E-state index contributed by atoms with van der Waals surface area (Å²) >= 11 is 0. The van der Waals surface area contributed by atoms with Crippen molar-refractivity contribution in [3.8, 4) is 0 Å². The van der Waals surface area contributed by atoms with Gasteiger partial charge >= 0.3 is 0 Å². The zero-order valence-electron chi connectivity index (χ0n) is 15.5. The van der Waals surface area contributed by atoms with E-state index in [2.05, 4.69) is 17.1 Å². The van der Waals surface area contributed by atoms with E-state index in [4.69, 9.17) is 9.73 Å². The van der Waals surface area contributed by atoms with E-state index in [1.54, 1.807) is 12.1 Å². The quantitative estimate of drug-likeness (QED) is 0.413. The normalized spacial score (nSPS) is 26.8. The minimum Gasteiger partial charge on any atom is -0.381 e. The Morgan fingerprint density at radius 3 is 2.73 bits per heavy atom. The number of guanidine groups is 1. The molecule has 3 aliphatic rings. The van der Waals surface area contributed by atoms with E-state index in [1.807, 2.05) is 12.1 Å². The van der Waals surface area contributed by atoms with Gasteiger partial charge in [0.25, 0.3) is 0 Å². The molecule has 6 heteroatoms. The molecule has 2 aliphatic heterocycles. The van der Waals surface area contributed by atoms with Crippen LogP contribution in [0.4, 0.5) is 4.39 Å². The highest BCUT2D eigenvalue weighted by atomic mass is 127. The molecular weight excluding hydrogens is 444 g/mol. The number of hydrogen-bond donors (Lipinski definition) is 1. The van der Waals surface area contributed by atoms with E-state index in [-0.39, 0.29) is 35.2 Å². The van der Waals surface area contributed by atoms with Gasteiger partial charge < -0.3 is 15.0 Å². The number of hydrogen-bond acceptors (Lipinski definition) is 2. The van der Waals surface area contributed by atoms with Crippen LogP contribution < -0.4 is 5.32 Å². The lowest BCUT2D eigenvalue weighted by Gasteiger charge is -2.25. The Balaban J connectivity index is 0.00000196. The van der Waals surface area contributed by atoms with Crippen molar-refractivity contribution >= 4 is 29.9 Å². The van der Waals surface area contributed by atoms with Gasteiger partial charge in [-0.15, -0.1) is 24.0 Å². The van der Waals surface area contributed by atoms with Crippen LogP contribution in [0.25, 0.3) is 0 Å². The van der Waals surface area contributed by atoms with Crippen LogP contribution in [-0.4, -0.2) is 50.3 Å². The minimum absolute atomic E-state index is 0. The second-order valence-electron chi connectivity index (χ2n) is 7.90. The van der Waals surface area contributed by atoms with Gasteiger partial charge in [-0.2, -0.15) is 0 Å². The summed E-state index contributed by atoms with van der Waals surface area (Å²) in [7, 11) is 0. The number of ether oxygens (including phenoxy) is 1. The molecule has 144 valence electrons. The lowest BCUT2D eigenvalue weighted by Crippen LogP contribution is -2.42. The SMILES string of the molecule is CCNC(=NCC1(c2ccccc2F)CC1)N1CCC2(CCOC2)C1.I. The van der Waals surface area contributed by atoms with Gasteiger partial charge in [0.1, 0.15) is 5.82 Å². The van der Waals surface area contributed by atoms with E-state index in [0.29, 0.717) is 12.0 Å². The molecule has 1 atom stereocenters. The molecule has 1 aromatic carbocycles. The maximum Gasteiger partial charge on any atom is 0.193 e. The highest BCUT2D eigenvalue weighted by Crippen LogP contribution is 2.49. The molecule has 1 saturated carbocycles. The Bertz CT molecular complexity index is 656. The molecule has 1 spiro atoms. The van der Waals surface area contributed by atoms with Crippen molar-refractivity contribution in [3.05, 3.63) is 35.6 Å². The summed E-state index contributed by atoms with van der Waals surface area (Å²) in [5.74, 6) is 0.886. The fourth-order valence-electron chi connectivity index (χ4n) is 4.29. The molecule has 0 bridgehead atoms.